The largest absolute Gasteiger partial charge is 0.323 e. The Labute approximate surface area is 100 Å². The standard InChI is InChI=1S/C13H15FN2O/c1-9(2)13(17)16-12-6-5-10(4-3-7-15)8-11(12)14/h5-6,8-9H,7,15H2,1-2H3,(H,16,17). The predicted molar refractivity (Wildman–Crippen MR) is 65.8 cm³/mol. The molecule has 0 aliphatic heterocycles. The number of nitrogens with one attached hydrogen (secondary N) is 1. The SMILES string of the molecule is CC(C)C(=O)Nc1ccc(C#CCN)cc1F. The third-order valence-electron chi connectivity index (χ3n) is 2.09. The smallest absolute Gasteiger partial charge is 0.227 e. The molecule has 0 spiro atoms. The molecule has 3 nitrogen and oxygen atoms in total. The van der Waals surface area contributed by atoms with Crippen LogP contribution in [-0.2, 0) is 4.79 Å². The summed E-state index contributed by atoms with van der Waals surface area (Å²) in [7, 11) is 0. The van der Waals surface area contributed by atoms with Gasteiger partial charge in [-0.1, -0.05) is 25.7 Å². The average molecular weight is 234 g/mol. The second-order valence-electron chi connectivity index (χ2n) is 3.84. The van der Waals surface area contributed by atoms with Gasteiger partial charge in [0, 0.05) is 11.5 Å². The maximum atomic E-state index is 13.6. The van der Waals surface area contributed by atoms with Crippen molar-refractivity contribution in [3.05, 3.63) is 29.6 Å². The van der Waals surface area contributed by atoms with Gasteiger partial charge < -0.3 is 11.1 Å². The minimum atomic E-state index is -0.497. The van der Waals surface area contributed by atoms with Gasteiger partial charge in [-0.25, -0.2) is 4.39 Å². The van der Waals surface area contributed by atoms with Gasteiger partial charge in [-0.2, -0.15) is 0 Å². The minimum Gasteiger partial charge on any atom is -0.323 e. The van der Waals surface area contributed by atoms with Crippen LogP contribution in [0.15, 0.2) is 18.2 Å². The molecule has 0 aliphatic carbocycles. The van der Waals surface area contributed by atoms with Crippen LogP contribution in [0.4, 0.5) is 10.1 Å². The highest BCUT2D eigenvalue weighted by Crippen LogP contribution is 2.16. The van der Waals surface area contributed by atoms with Crippen LogP contribution in [0.1, 0.15) is 19.4 Å². The fourth-order valence-corrected chi connectivity index (χ4v) is 1.12. The highest BCUT2D eigenvalue weighted by molar-refractivity contribution is 5.92. The molecule has 0 saturated heterocycles. The molecule has 1 aromatic rings. The average Bonchev–Trinajstić information content (AvgIpc) is 2.29. The highest BCUT2D eigenvalue weighted by atomic mass is 19.1. The maximum absolute atomic E-state index is 13.6. The number of hydrogen-bond acceptors (Lipinski definition) is 2. The van der Waals surface area contributed by atoms with E-state index in [2.05, 4.69) is 17.2 Å². The molecule has 0 bridgehead atoms. The zero-order chi connectivity index (χ0) is 12.8. The van der Waals surface area contributed by atoms with Crippen LogP contribution >= 0.6 is 0 Å². The molecule has 3 N–H and O–H groups in total. The van der Waals surface area contributed by atoms with Gasteiger partial charge in [0.05, 0.1) is 12.2 Å². The molecule has 1 amide bonds. The van der Waals surface area contributed by atoms with Gasteiger partial charge in [-0.15, -0.1) is 0 Å². The normalized spacial score (nSPS) is 9.71. The summed E-state index contributed by atoms with van der Waals surface area (Å²) in [5.74, 6) is 4.45. The minimum absolute atomic E-state index is 0.169. The Morgan fingerprint density at radius 1 is 1.53 bits per heavy atom. The molecular weight excluding hydrogens is 219 g/mol. The van der Waals surface area contributed by atoms with Crippen molar-refractivity contribution in [3.8, 4) is 11.8 Å². The van der Waals surface area contributed by atoms with Gasteiger partial charge >= 0.3 is 0 Å². The molecule has 0 aliphatic rings. The van der Waals surface area contributed by atoms with E-state index in [1.165, 1.54) is 12.1 Å². The monoisotopic (exact) mass is 234 g/mol. The number of halogens is 1. The summed E-state index contributed by atoms with van der Waals surface area (Å²) in [6, 6.07) is 4.41. The van der Waals surface area contributed by atoms with Crippen molar-refractivity contribution in [2.24, 2.45) is 11.7 Å². The van der Waals surface area contributed by atoms with E-state index in [0.717, 1.165) is 0 Å². The molecule has 0 unspecified atom stereocenters. The first-order valence-corrected chi connectivity index (χ1v) is 5.34. The molecule has 1 aromatic carbocycles. The van der Waals surface area contributed by atoms with Crippen LogP contribution in [0.5, 0.6) is 0 Å². The molecule has 4 heteroatoms. The Morgan fingerprint density at radius 3 is 2.76 bits per heavy atom. The van der Waals surface area contributed by atoms with Crippen molar-refractivity contribution in [1.29, 1.82) is 0 Å². The number of benzene rings is 1. The lowest BCUT2D eigenvalue weighted by Gasteiger charge is -2.08. The Bertz CT molecular complexity index is 472. The van der Waals surface area contributed by atoms with Crippen molar-refractivity contribution < 1.29 is 9.18 Å². The summed E-state index contributed by atoms with van der Waals surface area (Å²) in [5.41, 5.74) is 5.93. The van der Waals surface area contributed by atoms with Crippen molar-refractivity contribution in [3.63, 3.8) is 0 Å². The summed E-state index contributed by atoms with van der Waals surface area (Å²) >= 11 is 0. The highest BCUT2D eigenvalue weighted by Gasteiger charge is 2.10. The Balaban J connectivity index is 2.87. The van der Waals surface area contributed by atoms with Crippen LogP contribution < -0.4 is 11.1 Å². The lowest BCUT2D eigenvalue weighted by molar-refractivity contribution is -0.118. The molecule has 0 saturated carbocycles. The van der Waals surface area contributed by atoms with E-state index in [-0.39, 0.29) is 24.1 Å². The van der Waals surface area contributed by atoms with Crippen molar-refractivity contribution in [2.45, 2.75) is 13.8 Å². The predicted octanol–water partition coefficient (Wildman–Crippen LogP) is 1.73. The van der Waals surface area contributed by atoms with E-state index in [4.69, 9.17) is 5.73 Å². The summed E-state index contributed by atoms with van der Waals surface area (Å²) in [5, 5.41) is 2.51. The molecule has 0 heterocycles. The summed E-state index contributed by atoms with van der Waals surface area (Å²) in [4.78, 5) is 11.4. The molecule has 0 fully saturated rings. The van der Waals surface area contributed by atoms with E-state index in [0.29, 0.717) is 5.56 Å². The third-order valence-corrected chi connectivity index (χ3v) is 2.09. The van der Waals surface area contributed by atoms with Crippen LogP contribution in [-0.4, -0.2) is 12.5 Å². The topological polar surface area (TPSA) is 55.1 Å². The lowest BCUT2D eigenvalue weighted by atomic mass is 10.1. The quantitative estimate of drug-likeness (QED) is 0.766. The first-order valence-electron chi connectivity index (χ1n) is 5.34. The molecule has 1 rings (SSSR count). The van der Waals surface area contributed by atoms with E-state index in [1.807, 2.05) is 0 Å². The molecule has 90 valence electrons. The summed E-state index contributed by atoms with van der Waals surface area (Å²) < 4.78 is 13.6. The fourth-order valence-electron chi connectivity index (χ4n) is 1.12. The molecule has 0 atom stereocenters. The van der Waals surface area contributed by atoms with Gasteiger partial charge in [0.25, 0.3) is 0 Å². The van der Waals surface area contributed by atoms with Gasteiger partial charge in [0.1, 0.15) is 5.82 Å². The van der Waals surface area contributed by atoms with Gasteiger partial charge in [0.2, 0.25) is 5.91 Å². The number of nitrogens with two attached hydrogens (primary N) is 1. The first-order chi connectivity index (χ1) is 8.04. The van der Waals surface area contributed by atoms with E-state index in [9.17, 15) is 9.18 Å². The van der Waals surface area contributed by atoms with E-state index in [1.54, 1.807) is 19.9 Å². The Hall–Kier alpha value is -1.86. The van der Waals surface area contributed by atoms with Crippen LogP contribution in [0, 0.1) is 23.6 Å². The van der Waals surface area contributed by atoms with Crippen LogP contribution in [0.3, 0.4) is 0 Å². The lowest BCUT2D eigenvalue weighted by Crippen LogP contribution is -2.18. The summed E-state index contributed by atoms with van der Waals surface area (Å²) in [6.07, 6.45) is 0. The Morgan fingerprint density at radius 2 is 2.24 bits per heavy atom. The van der Waals surface area contributed by atoms with Gasteiger partial charge in [0.15, 0.2) is 0 Å². The van der Waals surface area contributed by atoms with E-state index >= 15 is 0 Å². The number of rotatable bonds is 2. The number of hydrogen-bond donors (Lipinski definition) is 2. The Kier molecular flexibility index (Phi) is 4.68. The molecule has 0 aromatic heterocycles. The van der Waals surface area contributed by atoms with Crippen molar-refractivity contribution in [2.75, 3.05) is 11.9 Å². The maximum Gasteiger partial charge on any atom is 0.227 e. The summed E-state index contributed by atoms with van der Waals surface area (Å²) in [6.45, 7) is 3.72. The van der Waals surface area contributed by atoms with Gasteiger partial charge in [-0.3, -0.25) is 4.79 Å². The number of carbonyl (C=O) groups is 1. The molecule has 0 radical (unpaired) electrons. The van der Waals surface area contributed by atoms with Crippen molar-refractivity contribution >= 4 is 11.6 Å². The molecular formula is C13H15FN2O. The first kappa shape index (κ1) is 13.2. The van der Waals surface area contributed by atoms with E-state index < -0.39 is 5.82 Å². The van der Waals surface area contributed by atoms with Crippen LogP contribution in [0.25, 0.3) is 0 Å². The van der Waals surface area contributed by atoms with Gasteiger partial charge in [-0.05, 0) is 18.2 Å². The zero-order valence-electron chi connectivity index (χ0n) is 9.88. The fraction of sp³-hybridized carbons (Fsp3) is 0.308. The van der Waals surface area contributed by atoms with Crippen molar-refractivity contribution in [1.82, 2.24) is 0 Å². The second-order valence-corrected chi connectivity index (χ2v) is 3.84. The number of anilines is 1. The third kappa shape index (κ3) is 3.89. The molecule has 17 heavy (non-hydrogen) atoms. The van der Waals surface area contributed by atoms with Crippen LogP contribution in [0.2, 0.25) is 0 Å². The number of carbonyl (C=O) groups excluding carboxylic acids is 1. The zero-order valence-corrected chi connectivity index (χ0v) is 9.88. The second kappa shape index (κ2) is 6.02. The number of amides is 1.